The van der Waals surface area contributed by atoms with Crippen LogP contribution in [-0.4, -0.2) is 58.1 Å². The van der Waals surface area contributed by atoms with Gasteiger partial charge in [-0.1, -0.05) is 44.2 Å². The van der Waals surface area contributed by atoms with E-state index in [0.29, 0.717) is 24.2 Å². The minimum Gasteiger partial charge on any atom is -0.394 e. The molecule has 3 heterocycles. The molecule has 2 aromatic carbocycles. The molecule has 3 amide bonds. The van der Waals surface area contributed by atoms with Crippen molar-refractivity contribution in [1.82, 2.24) is 4.90 Å². The number of hydrogen-bond acceptors (Lipinski definition) is 5. The number of aliphatic hydroxyl groups excluding tert-OH is 1. The number of aryl methyl sites for hydroxylation is 2. The summed E-state index contributed by atoms with van der Waals surface area (Å²) >= 11 is 0. The first-order valence-corrected chi connectivity index (χ1v) is 13.0. The molecule has 3 aliphatic rings. The van der Waals surface area contributed by atoms with Gasteiger partial charge in [0.2, 0.25) is 17.7 Å². The van der Waals surface area contributed by atoms with Crippen LogP contribution in [0.4, 0.5) is 11.4 Å². The Labute approximate surface area is 217 Å². The maximum absolute atomic E-state index is 14.1. The van der Waals surface area contributed by atoms with Crippen LogP contribution in [0.3, 0.4) is 0 Å². The van der Waals surface area contributed by atoms with Crippen LogP contribution in [0.5, 0.6) is 0 Å². The maximum Gasteiger partial charge on any atom is 0.250 e. The molecule has 1 spiro atoms. The molecule has 0 saturated carbocycles. The lowest BCUT2D eigenvalue weighted by Gasteiger charge is -2.38. The number of ether oxygens (including phenoxy) is 1. The van der Waals surface area contributed by atoms with Crippen molar-refractivity contribution in [3.63, 3.8) is 0 Å². The summed E-state index contributed by atoms with van der Waals surface area (Å²) in [6, 6.07) is 13.4. The average molecular weight is 506 g/mol. The second-order valence-corrected chi connectivity index (χ2v) is 11.0. The number of likely N-dealkylation sites (tertiary alicyclic amines) is 1. The number of fused-ring (bicyclic) bond motifs is 1. The third-order valence-electron chi connectivity index (χ3n) is 8.30. The Morgan fingerprint density at radius 1 is 1.11 bits per heavy atom. The van der Waals surface area contributed by atoms with Crippen LogP contribution >= 0.6 is 0 Å². The van der Waals surface area contributed by atoms with Gasteiger partial charge in [0.25, 0.3) is 0 Å². The monoisotopic (exact) mass is 505 g/mol. The van der Waals surface area contributed by atoms with Crippen LogP contribution in [0.1, 0.15) is 37.8 Å². The van der Waals surface area contributed by atoms with Gasteiger partial charge in [-0.05, 0) is 61.9 Å². The first-order valence-electron chi connectivity index (χ1n) is 13.0. The molecule has 6 atom stereocenters. The molecule has 2 bridgehead atoms. The molecule has 5 rings (SSSR count). The lowest BCUT2D eigenvalue weighted by atomic mass is 9.70. The van der Waals surface area contributed by atoms with Gasteiger partial charge in [-0.15, -0.1) is 0 Å². The second kappa shape index (κ2) is 9.58. The van der Waals surface area contributed by atoms with Gasteiger partial charge in [-0.2, -0.15) is 0 Å². The molecule has 8 nitrogen and oxygen atoms in total. The van der Waals surface area contributed by atoms with E-state index in [1.54, 1.807) is 12.1 Å². The largest absolute Gasteiger partial charge is 0.394 e. The molecule has 196 valence electrons. The standard InChI is InChI=1S/C29H35N3O5/c1-16(2)21(15-33)32-25(27(35)31-20-14-17(3)10-11-18(20)4)29-13-12-22(37-29)23(24(29)28(32)36)26(34)30-19-8-6-5-7-9-19/h5-11,14,16,21-25,33H,12-13,15H2,1-4H3,(H,30,34)(H,31,35)/t21-,22-,23+,24-,25?,29?/m0/s1. The first kappa shape index (κ1) is 25.4. The third kappa shape index (κ3) is 4.12. The highest BCUT2D eigenvalue weighted by molar-refractivity contribution is 6.05. The third-order valence-corrected chi connectivity index (χ3v) is 8.30. The predicted octanol–water partition coefficient (Wildman–Crippen LogP) is 3.27. The normalized spacial score (nSPS) is 28.9. The summed E-state index contributed by atoms with van der Waals surface area (Å²) in [7, 11) is 0. The number of aliphatic hydroxyl groups is 1. The van der Waals surface area contributed by atoms with Crippen molar-refractivity contribution in [2.45, 2.75) is 64.3 Å². The summed E-state index contributed by atoms with van der Waals surface area (Å²) in [5, 5.41) is 16.3. The summed E-state index contributed by atoms with van der Waals surface area (Å²) in [6.45, 7) is 7.41. The summed E-state index contributed by atoms with van der Waals surface area (Å²) in [6.07, 6.45) is 0.645. The van der Waals surface area contributed by atoms with Gasteiger partial charge in [0.05, 0.1) is 30.6 Å². The number of amides is 3. The van der Waals surface area contributed by atoms with E-state index in [4.69, 9.17) is 4.74 Å². The van der Waals surface area contributed by atoms with Gasteiger partial charge < -0.3 is 25.4 Å². The fourth-order valence-corrected chi connectivity index (χ4v) is 6.49. The number of nitrogens with one attached hydrogen (secondary N) is 2. The summed E-state index contributed by atoms with van der Waals surface area (Å²) in [5.74, 6) is -2.55. The molecule has 0 aliphatic carbocycles. The molecule has 2 aromatic rings. The Morgan fingerprint density at radius 3 is 2.51 bits per heavy atom. The van der Waals surface area contributed by atoms with Gasteiger partial charge in [0.1, 0.15) is 11.6 Å². The number of carbonyl (C=O) groups is 3. The molecular formula is C29H35N3O5. The zero-order valence-corrected chi connectivity index (χ0v) is 21.7. The highest BCUT2D eigenvalue weighted by Gasteiger charge is 2.75. The number of hydrogen-bond donors (Lipinski definition) is 3. The number of benzene rings is 2. The van der Waals surface area contributed by atoms with Gasteiger partial charge >= 0.3 is 0 Å². The lowest BCUT2D eigenvalue weighted by Crippen LogP contribution is -2.57. The van der Waals surface area contributed by atoms with E-state index in [-0.39, 0.29) is 30.2 Å². The maximum atomic E-state index is 14.1. The van der Waals surface area contributed by atoms with E-state index < -0.39 is 35.6 Å². The zero-order valence-electron chi connectivity index (χ0n) is 21.7. The number of rotatable bonds is 7. The Hall–Kier alpha value is -3.23. The minimum absolute atomic E-state index is 0.103. The molecule has 3 fully saturated rings. The van der Waals surface area contributed by atoms with E-state index in [9.17, 15) is 19.5 Å². The van der Waals surface area contributed by atoms with Crippen molar-refractivity contribution in [3.05, 3.63) is 59.7 Å². The van der Waals surface area contributed by atoms with Crippen molar-refractivity contribution < 1.29 is 24.2 Å². The summed E-state index contributed by atoms with van der Waals surface area (Å²) < 4.78 is 6.49. The average Bonchev–Trinajstić information content (AvgIpc) is 3.50. The molecule has 2 unspecified atom stereocenters. The van der Waals surface area contributed by atoms with Gasteiger partial charge in [-0.25, -0.2) is 0 Å². The van der Waals surface area contributed by atoms with Crippen LogP contribution in [0, 0.1) is 31.6 Å². The first-order chi connectivity index (χ1) is 17.7. The van der Waals surface area contributed by atoms with Crippen molar-refractivity contribution in [1.29, 1.82) is 0 Å². The molecule has 3 aliphatic heterocycles. The van der Waals surface area contributed by atoms with Crippen LogP contribution in [-0.2, 0) is 19.1 Å². The van der Waals surface area contributed by atoms with E-state index in [0.717, 1.165) is 11.1 Å². The van der Waals surface area contributed by atoms with E-state index in [1.807, 2.05) is 64.1 Å². The van der Waals surface area contributed by atoms with E-state index in [2.05, 4.69) is 10.6 Å². The quantitative estimate of drug-likeness (QED) is 0.535. The molecule has 3 N–H and O–H groups in total. The van der Waals surface area contributed by atoms with Gasteiger partial charge in [0.15, 0.2) is 0 Å². The fraction of sp³-hybridized carbons (Fsp3) is 0.483. The number of nitrogens with zero attached hydrogens (tertiary/aromatic N) is 1. The Balaban J connectivity index is 1.53. The van der Waals surface area contributed by atoms with Crippen molar-refractivity contribution >= 4 is 29.1 Å². The molecular weight excluding hydrogens is 470 g/mol. The Bertz CT molecular complexity index is 1220. The van der Waals surface area contributed by atoms with Crippen LogP contribution < -0.4 is 10.6 Å². The molecule has 0 radical (unpaired) electrons. The Morgan fingerprint density at radius 2 is 1.84 bits per heavy atom. The molecule has 3 saturated heterocycles. The highest BCUT2D eigenvalue weighted by Crippen LogP contribution is 2.59. The molecule has 8 heteroatoms. The SMILES string of the molecule is Cc1ccc(C)c(NC(=O)C2N([C@@H](CO)C(C)C)C(=O)[C@@H]3[C@H](C(=O)Nc4ccccc4)[C@@H]4CCC23O4)c1. The summed E-state index contributed by atoms with van der Waals surface area (Å²) in [4.78, 5) is 43.1. The lowest BCUT2D eigenvalue weighted by molar-refractivity contribution is -0.144. The van der Waals surface area contributed by atoms with Gasteiger partial charge in [0, 0.05) is 11.4 Å². The second-order valence-electron chi connectivity index (χ2n) is 11.0. The van der Waals surface area contributed by atoms with E-state index >= 15 is 0 Å². The predicted molar refractivity (Wildman–Crippen MR) is 140 cm³/mol. The number of anilines is 2. The van der Waals surface area contributed by atoms with Crippen molar-refractivity contribution in [2.75, 3.05) is 17.2 Å². The van der Waals surface area contributed by atoms with Crippen molar-refractivity contribution in [2.24, 2.45) is 17.8 Å². The molecule has 0 aromatic heterocycles. The topological polar surface area (TPSA) is 108 Å². The van der Waals surface area contributed by atoms with Crippen LogP contribution in [0.25, 0.3) is 0 Å². The smallest absolute Gasteiger partial charge is 0.250 e. The fourth-order valence-electron chi connectivity index (χ4n) is 6.49. The zero-order chi connectivity index (χ0) is 26.5. The molecule has 37 heavy (non-hydrogen) atoms. The minimum atomic E-state index is -1.12. The van der Waals surface area contributed by atoms with Crippen LogP contribution in [0.2, 0.25) is 0 Å². The van der Waals surface area contributed by atoms with Crippen molar-refractivity contribution in [3.8, 4) is 0 Å². The number of para-hydroxylation sites is 1. The number of carbonyl (C=O) groups excluding carboxylic acids is 3. The van der Waals surface area contributed by atoms with E-state index in [1.165, 1.54) is 4.90 Å². The highest BCUT2D eigenvalue weighted by atomic mass is 16.5. The Kier molecular flexibility index (Phi) is 6.58. The summed E-state index contributed by atoms with van der Waals surface area (Å²) in [5.41, 5.74) is 2.11. The van der Waals surface area contributed by atoms with Crippen LogP contribution in [0.15, 0.2) is 48.5 Å². The van der Waals surface area contributed by atoms with Gasteiger partial charge in [-0.3, -0.25) is 14.4 Å².